The number of aromatic hydroxyl groups is 2. The highest BCUT2D eigenvalue weighted by atomic mass is 16.5. The van der Waals surface area contributed by atoms with Gasteiger partial charge in [0.25, 0.3) is 0 Å². The van der Waals surface area contributed by atoms with E-state index in [1.807, 2.05) is 6.92 Å². The third-order valence-electron chi connectivity index (χ3n) is 4.07. The first-order valence-corrected chi connectivity index (χ1v) is 8.96. The number of rotatable bonds is 12. The Kier molecular flexibility index (Phi) is 9.05. The van der Waals surface area contributed by atoms with Crippen LogP contribution in [0.1, 0.15) is 81.1 Å². The quantitative estimate of drug-likeness (QED) is 0.373. The van der Waals surface area contributed by atoms with E-state index in [0.29, 0.717) is 18.6 Å². The number of aryl methyl sites for hydroxylation is 1. The number of carboxylic acids is 1. The molecule has 1 aromatic rings. The number of ether oxygens (including phenoxy) is 1. The first-order chi connectivity index (χ1) is 11.5. The van der Waals surface area contributed by atoms with Crippen LogP contribution in [0.3, 0.4) is 0 Å². The SMILES string of the molecule is CCCCCCCCOc1c(CCCC)cc(O)c(O)c1C(=O)O. The number of hydrogen-bond acceptors (Lipinski definition) is 4. The van der Waals surface area contributed by atoms with Crippen LogP contribution in [0.15, 0.2) is 6.07 Å². The van der Waals surface area contributed by atoms with Crippen molar-refractivity contribution in [1.29, 1.82) is 0 Å². The third kappa shape index (κ3) is 5.95. The van der Waals surface area contributed by atoms with E-state index in [4.69, 9.17) is 4.74 Å². The van der Waals surface area contributed by atoms with E-state index in [1.54, 1.807) is 0 Å². The first kappa shape index (κ1) is 20.1. The zero-order valence-electron chi connectivity index (χ0n) is 14.8. The normalized spacial score (nSPS) is 10.8. The number of aromatic carboxylic acids is 1. The minimum Gasteiger partial charge on any atom is -0.504 e. The van der Waals surface area contributed by atoms with E-state index in [0.717, 1.165) is 32.1 Å². The van der Waals surface area contributed by atoms with Gasteiger partial charge in [0.05, 0.1) is 6.61 Å². The summed E-state index contributed by atoms with van der Waals surface area (Å²) in [4.78, 5) is 11.5. The standard InChI is InChI=1S/C19H30O5/c1-3-5-7-8-9-10-12-24-18-14(11-6-4-2)13-15(20)17(21)16(18)19(22)23/h13,20-21H,3-12H2,1-2H3,(H,22,23). The van der Waals surface area contributed by atoms with Crippen LogP contribution < -0.4 is 4.74 Å². The van der Waals surface area contributed by atoms with Gasteiger partial charge in [-0.3, -0.25) is 0 Å². The van der Waals surface area contributed by atoms with Gasteiger partial charge in [0.1, 0.15) is 11.3 Å². The lowest BCUT2D eigenvalue weighted by atomic mass is 10.0. The Morgan fingerprint density at radius 1 is 1.00 bits per heavy atom. The summed E-state index contributed by atoms with van der Waals surface area (Å²) in [6.07, 6.45) is 9.08. The lowest BCUT2D eigenvalue weighted by molar-refractivity contribution is 0.0687. The molecule has 0 aliphatic carbocycles. The second-order valence-corrected chi connectivity index (χ2v) is 6.13. The molecule has 5 heteroatoms. The van der Waals surface area contributed by atoms with Gasteiger partial charge in [0.2, 0.25) is 0 Å². The van der Waals surface area contributed by atoms with Crippen molar-refractivity contribution in [2.45, 2.75) is 71.6 Å². The second-order valence-electron chi connectivity index (χ2n) is 6.13. The first-order valence-electron chi connectivity index (χ1n) is 8.96. The van der Waals surface area contributed by atoms with Crippen molar-refractivity contribution in [2.75, 3.05) is 6.61 Å². The number of carbonyl (C=O) groups is 1. The average molecular weight is 338 g/mol. The molecular weight excluding hydrogens is 308 g/mol. The van der Waals surface area contributed by atoms with Gasteiger partial charge in [-0.1, -0.05) is 52.4 Å². The summed E-state index contributed by atoms with van der Waals surface area (Å²) in [5.74, 6) is -2.13. The van der Waals surface area contributed by atoms with E-state index in [1.165, 1.54) is 25.3 Å². The van der Waals surface area contributed by atoms with Gasteiger partial charge in [-0.25, -0.2) is 4.79 Å². The fraction of sp³-hybridized carbons (Fsp3) is 0.632. The predicted molar refractivity (Wildman–Crippen MR) is 94.2 cm³/mol. The van der Waals surface area contributed by atoms with Crippen molar-refractivity contribution in [3.63, 3.8) is 0 Å². The Balaban J connectivity index is 2.81. The number of hydrogen-bond donors (Lipinski definition) is 3. The molecule has 0 amide bonds. The highest BCUT2D eigenvalue weighted by molar-refractivity contribution is 5.95. The Labute approximate surface area is 144 Å². The fourth-order valence-corrected chi connectivity index (χ4v) is 2.67. The molecule has 0 saturated heterocycles. The van der Waals surface area contributed by atoms with E-state index in [9.17, 15) is 20.1 Å². The molecule has 0 aromatic heterocycles. The molecule has 0 radical (unpaired) electrons. The number of phenolic OH excluding ortho intramolecular Hbond substituents is 1. The van der Waals surface area contributed by atoms with Crippen molar-refractivity contribution >= 4 is 5.97 Å². The highest BCUT2D eigenvalue weighted by Gasteiger charge is 2.24. The smallest absolute Gasteiger partial charge is 0.343 e. The number of benzene rings is 1. The molecule has 1 aromatic carbocycles. The van der Waals surface area contributed by atoms with Crippen molar-refractivity contribution < 1.29 is 24.9 Å². The maximum Gasteiger partial charge on any atom is 0.343 e. The van der Waals surface area contributed by atoms with E-state index in [-0.39, 0.29) is 11.3 Å². The Morgan fingerprint density at radius 3 is 2.25 bits per heavy atom. The summed E-state index contributed by atoms with van der Waals surface area (Å²) in [5.41, 5.74) is 0.294. The summed E-state index contributed by atoms with van der Waals surface area (Å²) in [6.45, 7) is 4.62. The zero-order chi connectivity index (χ0) is 17.9. The summed E-state index contributed by atoms with van der Waals surface area (Å²) >= 11 is 0. The highest BCUT2D eigenvalue weighted by Crippen LogP contribution is 2.39. The van der Waals surface area contributed by atoms with Gasteiger partial charge >= 0.3 is 5.97 Å². The Hall–Kier alpha value is -1.91. The molecule has 24 heavy (non-hydrogen) atoms. The van der Waals surface area contributed by atoms with Gasteiger partial charge < -0.3 is 20.1 Å². The monoisotopic (exact) mass is 338 g/mol. The largest absolute Gasteiger partial charge is 0.504 e. The van der Waals surface area contributed by atoms with Crippen LogP contribution >= 0.6 is 0 Å². The minimum absolute atomic E-state index is 0.194. The van der Waals surface area contributed by atoms with Crippen LogP contribution in [0.25, 0.3) is 0 Å². The van der Waals surface area contributed by atoms with Crippen LogP contribution in [0.2, 0.25) is 0 Å². The fourth-order valence-electron chi connectivity index (χ4n) is 2.67. The maximum atomic E-state index is 11.5. The summed E-state index contributed by atoms with van der Waals surface area (Å²) in [5, 5.41) is 29.0. The maximum absolute atomic E-state index is 11.5. The van der Waals surface area contributed by atoms with Crippen LogP contribution in [-0.4, -0.2) is 27.9 Å². The molecule has 0 fully saturated rings. The number of unbranched alkanes of at least 4 members (excludes halogenated alkanes) is 6. The molecule has 0 unspecified atom stereocenters. The van der Waals surface area contributed by atoms with E-state index < -0.39 is 17.5 Å². The molecule has 0 aliphatic heterocycles. The molecule has 136 valence electrons. The second kappa shape index (κ2) is 10.8. The van der Waals surface area contributed by atoms with Gasteiger partial charge in [0, 0.05) is 0 Å². The average Bonchev–Trinajstić information content (AvgIpc) is 2.55. The van der Waals surface area contributed by atoms with Gasteiger partial charge in [-0.05, 0) is 30.9 Å². The molecule has 5 nitrogen and oxygen atoms in total. The third-order valence-corrected chi connectivity index (χ3v) is 4.07. The van der Waals surface area contributed by atoms with Crippen molar-refractivity contribution in [2.24, 2.45) is 0 Å². The van der Waals surface area contributed by atoms with Gasteiger partial charge in [0.15, 0.2) is 11.5 Å². The van der Waals surface area contributed by atoms with Crippen LogP contribution in [-0.2, 0) is 6.42 Å². The molecule has 1 rings (SSSR count). The topological polar surface area (TPSA) is 87.0 Å². The van der Waals surface area contributed by atoms with Gasteiger partial charge in [-0.2, -0.15) is 0 Å². The molecule has 0 aliphatic rings. The Bertz CT molecular complexity index is 525. The van der Waals surface area contributed by atoms with Crippen LogP contribution in [0.4, 0.5) is 0 Å². The van der Waals surface area contributed by atoms with Gasteiger partial charge in [-0.15, -0.1) is 0 Å². The van der Waals surface area contributed by atoms with Crippen molar-refractivity contribution in [3.05, 3.63) is 17.2 Å². The molecule has 0 saturated carbocycles. The van der Waals surface area contributed by atoms with Crippen LogP contribution in [0, 0.1) is 0 Å². The minimum atomic E-state index is -1.29. The summed E-state index contributed by atoms with van der Waals surface area (Å²) in [6, 6.07) is 1.41. The molecule has 3 N–H and O–H groups in total. The van der Waals surface area contributed by atoms with Crippen molar-refractivity contribution in [1.82, 2.24) is 0 Å². The van der Waals surface area contributed by atoms with E-state index in [2.05, 4.69) is 6.92 Å². The molecule has 0 spiro atoms. The molecule has 0 bridgehead atoms. The van der Waals surface area contributed by atoms with E-state index >= 15 is 0 Å². The Morgan fingerprint density at radius 2 is 1.62 bits per heavy atom. The van der Waals surface area contributed by atoms with Crippen LogP contribution in [0.5, 0.6) is 17.2 Å². The lowest BCUT2D eigenvalue weighted by Gasteiger charge is -2.16. The molecular formula is C19H30O5. The summed E-state index contributed by atoms with van der Waals surface area (Å²) < 4.78 is 5.72. The zero-order valence-corrected chi connectivity index (χ0v) is 14.8. The summed E-state index contributed by atoms with van der Waals surface area (Å²) in [7, 11) is 0. The number of phenols is 2. The lowest BCUT2D eigenvalue weighted by Crippen LogP contribution is -2.08. The predicted octanol–water partition coefficient (Wildman–Crippen LogP) is 4.88. The van der Waals surface area contributed by atoms with Crippen molar-refractivity contribution in [3.8, 4) is 17.2 Å². The molecule has 0 atom stereocenters. The molecule has 0 heterocycles. The number of carboxylic acid groups (broad SMARTS) is 1.